The number of fused-ring (bicyclic) bond motifs is 6. The maximum absolute atomic E-state index is 13.0. The van der Waals surface area contributed by atoms with Crippen LogP contribution in [0.15, 0.2) is 73.3 Å². The van der Waals surface area contributed by atoms with Crippen LogP contribution in [0.25, 0.3) is 22.8 Å². The lowest BCUT2D eigenvalue weighted by atomic mass is 9.61. The maximum atomic E-state index is 13.0. The van der Waals surface area contributed by atoms with E-state index in [-0.39, 0.29) is 17.8 Å². The highest BCUT2D eigenvalue weighted by molar-refractivity contribution is 5.82. The Bertz CT molecular complexity index is 1340. The third kappa shape index (κ3) is 2.65. The van der Waals surface area contributed by atoms with E-state index in [1.165, 1.54) is 7.11 Å². The monoisotopic (exact) mass is 448 g/mol. The predicted octanol–water partition coefficient (Wildman–Crippen LogP) is 4.86. The number of hydrogen-bond acceptors (Lipinski definition) is 6. The first-order valence-corrected chi connectivity index (χ1v) is 11.5. The highest BCUT2D eigenvalue weighted by Crippen LogP contribution is 2.60. The van der Waals surface area contributed by atoms with Crippen LogP contribution < -0.4 is 0 Å². The Balaban J connectivity index is 1.65. The van der Waals surface area contributed by atoms with Gasteiger partial charge >= 0.3 is 5.97 Å². The van der Waals surface area contributed by atoms with Gasteiger partial charge in [0.05, 0.1) is 36.3 Å². The van der Waals surface area contributed by atoms with E-state index in [1.54, 1.807) is 12.4 Å². The topological polar surface area (TPSA) is 77.9 Å². The molecule has 0 aliphatic heterocycles. The minimum atomic E-state index is -0.652. The quantitative estimate of drug-likeness (QED) is 0.406. The van der Waals surface area contributed by atoms with Crippen LogP contribution in [0.5, 0.6) is 0 Å². The zero-order valence-corrected chi connectivity index (χ0v) is 19.2. The zero-order chi connectivity index (χ0) is 23.3. The molecule has 0 fully saturated rings. The van der Waals surface area contributed by atoms with Gasteiger partial charge < -0.3 is 4.74 Å². The molecule has 4 aromatic rings. The zero-order valence-electron chi connectivity index (χ0n) is 19.2. The first-order valence-electron chi connectivity index (χ1n) is 11.5. The molecule has 0 aromatic carbocycles. The second kappa shape index (κ2) is 7.55. The van der Waals surface area contributed by atoms with Crippen LogP contribution in [0.1, 0.15) is 48.4 Å². The molecule has 2 aliphatic carbocycles. The Morgan fingerprint density at radius 2 is 1.09 bits per heavy atom. The highest BCUT2D eigenvalue weighted by atomic mass is 16.5. The van der Waals surface area contributed by atoms with Crippen molar-refractivity contribution in [1.29, 1.82) is 0 Å². The van der Waals surface area contributed by atoms with Crippen molar-refractivity contribution in [3.8, 4) is 22.8 Å². The molecular formula is C28H24N4O2. The Kier molecular flexibility index (Phi) is 4.59. The molecule has 0 radical (unpaired) electrons. The van der Waals surface area contributed by atoms with Crippen LogP contribution in [-0.4, -0.2) is 33.0 Å². The summed E-state index contributed by atoms with van der Waals surface area (Å²) in [6.07, 6.45) is 8.90. The summed E-state index contributed by atoms with van der Waals surface area (Å²) in [6.45, 7) is 2.20. The molecule has 34 heavy (non-hydrogen) atoms. The van der Waals surface area contributed by atoms with E-state index in [9.17, 15) is 4.79 Å². The lowest BCUT2D eigenvalue weighted by molar-refractivity contribution is -0.141. The van der Waals surface area contributed by atoms with E-state index in [0.29, 0.717) is 6.42 Å². The number of rotatable bonds is 5. The van der Waals surface area contributed by atoms with Gasteiger partial charge in [0.1, 0.15) is 0 Å². The first kappa shape index (κ1) is 20.7. The summed E-state index contributed by atoms with van der Waals surface area (Å²) in [4.78, 5) is 31.8. The summed E-state index contributed by atoms with van der Waals surface area (Å²) < 4.78 is 5.23. The number of carbonyl (C=O) groups is 1. The average molecular weight is 449 g/mol. The number of hydrogen-bond donors (Lipinski definition) is 0. The van der Waals surface area contributed by atoms with Crippen LogP contribution in [0.4, 0.5) is 0 Å². The summed E-state index contributed by atoms with van der Waals surface area (Å²) in [7, 11) is 1.45. The predicted molar refractivity (Wildman–Crippen MR) is 128 cm³/mol. The number of pyridine rings is 4. The van der Waals surface area contributed by atoms with Crippen molar-refractivity contribution < 1.29 is 9.53 Å². The third-order valence-electron chi connectivity index (χ3n) is 7.62. The molecule has 168 valence electrons. The van der Waals surface area contributed by atoms with Gasteiger partial charge in [0.2, 0.25) is 0 Å². The molecule has 0 amide bonds. The van der Waals surface area contributed by atoms with Crippen LogP contribution in [0.3, 0.4) is 0 Å². The summed E-state index contributed by atoms with van der Waals surface area (Å²) >= 11 is 0. The minimum Gasteiger partial charge on any atom is -0.469 e. The van der Waals surface area contributed by atoms with Crippen molar-refractivity contribution >= 4 is 5.97 Å². The Hall–Kier alpha value is -3.93. The molecule has 0 saturated carbocycles. The van der Waals surface area contributed by atoms with Gasteiger partial charge in [-0.15, -0.1) is 0 Å². The van der Waals surface area contributed by atoms with Crippen LogP contribution in [0, 0.1) is 0 Å². The molecule has 4 aromatic heterocycles. The number of aromatic nitrogens is 4. The summed E-state index contributed by atoms with van der Waals surface area (Å²) in [5.41, 5.74) is 6.82. The van der Waals surface area contributed by atoms with Crippen molar-refractivity contribution in [3.63, 3.8) is 0 Å². The smallest absolute Gasteiger partial charge is 0.306 e. The molecule has 6 nitrogen and oxygen atoms in total. The van der Waals surface area contributed by atoms with Crippen LogP contribution in [-0.2, 0) is 20.4 Å². The standard InChI is InChI=1S/C28H24N4O2/c1-3-27(18-8-4-12-29-23(18)24-19(27)9-5-13-30-24)17-28(16-22(33)34-2)20-10-6-14-31-25(20)26-21(28)11-7-15-32-26/h4-15H,3,16-17H2,1-2H3. The third-order valence-corrected chi connectivity index (χ3v) is 7.62. The molecule has 2 aliphatic rings. The van der Waals surface area contributed by atoms with E-state index in [4.69, 9.17) is 24.7 Å². The maximum Gasteiger partial charge on any atom is 0.306 e. The Morgan fingerprint density at radius 1 is 0.706 bits per heavy atom. The van der Waals surface area contributed by atoms with E-state index in [0.717, 1.165) is 51.5 Å². The fourth-order valence-electron chi connectivity index (χ4n) is 6.18. The van der Waals surface area contributed by atoms with Gasteiger partial charge in [0.25, 0.3) is 0 Å². The number of ether oxygens (including phenoxy) is 1. The van der Waals surface area contributed by atoms with Gasteiger partial charge in [-0.2, -0.15) is 0 Å². The van der Waals surface area contributed by atoms with Crippen molar-refractivity contribution in [2.45, 2.75) is 37.0 Å². The molecule has 6 rings (SSSR count). The van der Waals surface area contributed by atoms with E-state index in [1.807, 2.05) is 36.7 Å². The van der Waals surface area contributed by atoms with Crippen LogP contribution >= 0.6 is 0 Å². The first-order chi connectivity index (χ1) is 16.6. The lowest BCUT2D eigenvalue weighted by Crippen LogP contribution is -2.39. The summed E-state index contributed by atoms with van der Waals surface area (Å²) in [5.74, 6) is -0.256. The normalized spacial score (nSPS) is 15.7. The molecule has 0 atom stereocenters. The lowest BCUT2D eigenvalue weighted by Gasteiger charge is -2.41. The molecule has 4 heterocycles. The van der Waals surface area contributed by atoms with E-state index in [2.05, 4.69) is 31.2 Å². The van der Waals surface area contributed by atoms with E-state index >= 15 is 0 Å². The molecule has 6 heteroatoms. The Labute approximate surface area is 198 Å². The second-order valence-electron chi connectivity index (χ2n) is 9.05. The second-order valence-corrected chi connectivity index (χ2v) is 9.05. The van der Waals surface area contributed by atoms with Crippen molar-refractivity contribution in [3.05, 3.63) is 95.6 Å². The molecule has 0 bridgehead atoms. The summed E-state index contributed by atoms with van der Waals surface area (Å²) in [5, 5.41) is 0. The van der Waals surface area contributed by atoms with Gasteiger partial charge in [0, 0.05) is 35.6 Å². The Morgan fingerprint density at radius 3 is 1.44 bits per heavy atom. The highest BCUT2D eigenvalue weighted by Gasteiger charge is 2.54. The van der Waals surface area contributed by atoms with Crippen LogP contribution in [0.2, 0.25) is 0 Å². The number of methoxy groups -OCH3 is 1. The van der Waals surface area contributed by atoms with Gasteiger partial charge in [-0.25, -0.2) is 0 Å². The van der Waals surface area contributed by atoms with Gasteiger partial charge in [-0.1, -0.05) is 31.2 Å². The summed E-state index contributed by atoms with van der Waals surface area (Å²) in [6, 6.07) is 16.3. The fourth-order valence-corrected chi connectivity index (χ4v) is 6.18. The molecule has 0 saturated heterocycles. The molecular weight excluding hydrogens is 424 g/mol. The largest absolute Gasteiger partial charge is 0.469 e. The number of nitrogens with zero attached hydrogens (tertiary/aromatic N) is 4. The fraction of sp³-hybridized carbons (Fsp3) is 0.250. The molecule has 0 N–H and O–H groups in total. The van der Waals surface area contributed by atoms with E-state index < -0.39 is 5.41 Å². The number of esters is 1. The molecule has 0 spiro atoms. The number of carbonyl (C=O) groups excluding carboxylic acids is 1. The van der Waals surface area contributed by atoms with Crippen molar-refractivity contribution in [1.82, 2.24) is 19.9 Å². The van der Waals surface area contributed by atoms with Crippen molar-refractivity contribution in [2.75, 3.05) is 7.11 Å². The molecule has 0 unspecified atom stereocenters. The average Bonchev–Trinajstić information content (AvgIpc) is 3.33. The van der Waals surface area contributed by atoms with Gasteiger partial charge in [-0.3, -0.25) is 24.7 Å². The SMILES string of the molecule is CCC1(CC2(CC(=O)OC)c3cccnc3-c3ncccc32)c2cccnc2-c2ncccc21. The van der Waals surface area contributed by atoms with Gasteiger partial charge in [0.15, 0.2) is 0 Å². The van der Waals surface area contributed by atoms with Crippen molar-refractivity contribution in [2.24, 2.45) is 0 Å². The van der Waals surface area contributed by atoms with Gasteiger partial charge in [-0.05, 0) is 59.4 Å². The minimum absolute atomic E-state index is 0.202.